The second kappa shape index (κ2) is 91.4. The number of aliphatic hydroxyl groups excluding tert-OH is 4. The lowest BCUT2D eigenvalue weighted by Gasteiger charge is -2.09. The van der Waals surface area contributed by atoms with Crippen LogP contribution in [-0.2, 0) is 172 Å². The molecule has 40 heteroatoms. The number of aliphatic hydroxyl groups is 4. The van der Waals surface area contributed by atoms with E-state index >= 15 is 0 Å². The second-order valence-electron chi connectivity index (χ2n) is 27.6. The Bertz CT molecular complexity index is 3260. The lowest BCUT2D eigenvalue weighted by Crippen LogP contribution is -2.19. The normalized spacial score (nSPS) is 10.0. The van der Waals surface area contributed by atoms with Crippen molar-refractivity contribution in [3.63, 3.8) is 0 Å². The fraction of sp³-hybridized carbons (Fsp3) is 0.652. The molecule has 0 aromatic heterocycles. The number of carbonyl (C=O) groups is 18. The molecule has 132 heavy (non-hydrogen) atoms. The van der Waals surface area contributed by atoms with Gasteiger partial charge in [0.25, 0.3) is 0 Å². The molecule has 752 valence electrons. The number of ether oxygens (including phenoxy) is 18. The fourth-order valence-electron chi connectivity index (χ4n) is 8.95. The molecule has 40 nitrogen and oxygen atoms in total. The van der Waals surface area contributed by atoms with Crippen molar-refractivity contribution in [1.82, 2.24) is 0 Å². The van der Waals surface area contributed by atoms with Gasteiger partial charge in [-0.05, 0) is 195 Å². The standard InChI is InChI=1S/C49H72O20.C17H24O8.C13H24O6.C8H12O4.C5H12O2/c1-7-9-15-27-62-42(52)36(3)44(54)66-31-21-13-23-33-68-48(58)38(5)46(56)64-29-19-11-17-25-60-40(50)35-41(51)61-26-18-12-20-30-65-47(57)39(6)49(59)69-34-24-14-22-32-67-45(55)37(4)43(53)63-28-16-10-8-2;1-5-22-14(18)12(3)16(20)24-10-8-7-9-11-25-17(21)13(4)15(19)23-6-2;14-7-3-1-5-9-18-12(16)11-13(17)19-10-6-2-4-8-15;1-4-11-7(9)6(3)8(10)12-5-2;6-4-2-1-3-5-7/h3-35H2,1-2H3;3-11H2,1-2H3;14-15H,1-11H2;3-5H2,1-2H3;6-7H,1-5H2. The van der Waals surface area contributed by atoms with E-state index in [-0.39, 0.29) is 180 Å². The molecule has 0 aliphatic carbocycles. The van der Waals surface area contributed by atoms with E-state index in [1.807, 2.05) is 13.8 Å². The third kappa shape index (κ3) is 78.3. The minimum absolute atomic E-state index is 0.00846. The molecule has 0 saturated carbocycles. The van der Waals surface area contributed by atoms with Crippen molar-refractivity contribution in [3.8, 4) is 0 Å². The SMILES string of the molecule is C=C(C(=O)OCC)C(=O)OCC.C=C(C(=O)OCC)C(=O)OCCCCCOC(=O)C(=C)C(=O)OCC.C=C(C(=O)OCCCCC)C(=O)OCCCCCOC(=O)C(=C)C(=O)OCCCCCOC(=O)CC(=O)OCCCCCOC(=O)C(=C)C(=O)OCCCCCOC(=O)C(=C)C(=O)OCCCCC.O=C(CC(=O)OCCCCCO)OCCCCCO.OCCCCCO. The van der Waals surface area contributed by atoms with Crippen LogP contribution in [0.1, 0.15) is 247 Å². The smallest absolute Gasteiger partial charge is 0.344 e. The van der Waals surface area contributed by atoms with Gasteiger partial charge in [0.1, 0.15) is 51.9 Å². The molecule has 0 atom stereocenters. The van der Waals surface area contributed by atoms with Gasteiger partial charge in [-0.1, -0.05) is 85.6 Å². The zero-order valence-corrected chi connectivity index (χ0v) is 78.1. The van der Waals surface area contributed by atoms with E-state index in [2.05, 4.69) is 65.0 Å². The first-order valence-corrected chi connectivity index (χ1v) is 44.4. The molecule has 0 aliphatic heterocycles. The monoisotopic (exact) mass is 1890 g/mol. The molecular formula is C92H144O40. The highest BCUT2D eigenvalue weighted by atomic mass is 16.6. The molecule has 0 rings (SSSR count). The molecule has 0 radical (unpaired) electrons. The third-order valence-corrected chi connectivity index (χ3v) is 16.4. The first-order chi connectivity index (χ1) is 63.2. The molecule has 0 fully saturated rings. The maximum Gasteiger partial charge on any atom is 0.344 e. The third-order valence-electron chi connectivity index (χ3n) is 16.4. The molecule has 0 amide bonds. The van der Waals surface area contributed by atoms with Crippen LogP contribution >= 0.6 is 0 Å². The summed E-state index contributed by atoms with van der Waals surface area (Å²) >= 11 is 0. The van der Waals surface area contributed by atoms with Crippen molar-refractivity contribution in [3.05, 3.63) is 85.1 Å². The van der Waals surface area contributed by atoms with Crippen molar-refractivity contribution in [2.24, 2.45) is 0 Å². The molecular weight excluding hydrogens is 1740 g/mol. The van der Waals surface area contributed by atoms with Gasteiger partial charge in [0.05, 0.1) is 119 Å². The molecule has 4 N–H and O–H groups in total. The van der Waals surface area contributed by atoms with Crippen molar-refractivity contribution in [2.45, 2.75) is 247 Å². The van der Waals surface area contributed by atoms with Gasteiger partial charge in [-0.2, -0.15) is 0 Å². The molecule has 0 bridgehead atoms. The lowest BCUT2D eigenvalue weighted by molar-refractivity contribution is -0.156. The number of hydrogen-bond donors (Lipinski definition) is 4. The Morgan fingerprint density at radius 2 is 0.273 bits per heavy atom. The summed E-state index contributed by atoms with van der Waals surface area (Å²) in [5.74, 6) is -14.5. The van der Waals surface area contributed by atoms with Crippen LogP contribution in [0, 0.1) is 0 Å². The van der Waals surface area contributed by atoms with Gasteiger partial charge in [0.2, 0.25) is 0 Å². The number of rotatable bonds is 74. The summed E-state index contributed by atoms with van der Waals surface area (Å²) in [5.41, 5.74) is -2.68. The largest absolute Gasteiger partial charge is 0.465 e. The summed E-state index contributed by atoms with van der Waals surface area (Å²) < 4.78 is 88.0. The van der Waals surface area contributed by atoms with Crippen LogP contribution in [0.3, 0.4) is 0 Å². The van der Waals surface area contributed by atoms with E-state index in [0.29, 0.717) is 135 Å². The molecule has 0 unspecified atom stereocenters. The minimum Gasteiger partial charge on any atom is -0.465 e. The number of carbonyl (C=O) groups excluding carboxylic acids is 18. The van der Waals surface area contributed by atoms with Gasteiger partial charge in [-0.25, -0.2) is 67.1 Å². The summed E-state index contributed by atoms with van der Waals surface area (Å²) in [6, 6.07) is 0. The van der Waals surface area contributed by atoms with E-state index < -0.39 is 125 Å². The zero-order valence-electron chi connectivity index (χ0n) is 78.1. The van der Waals surface area contributed by atoms with Crippen LogP contribution in [0.25, 0.3) is 0 Å². The molecule has 0 aromatic rings. The highest BCUT2D eigenvalue weighted by Crippen LogP contribution is 2.13. The first kappa shape index (κ1) is 129. The predicted octanol–water partition coefficient (Wildman–Crippen LogP) is 9.17. The number of hydrogen-bond acceptors (Lipinski definition) is 40. The maximum atomic E-state index is 12.1. The quantitative estimate of drug-likeness (QED) is 0.0110. The summed E-state index contributed by atoms with van der Waals surface area (Å²) in [6.07, 6.45) is 18.1. The van der Waals surface area contributed by atoms with E-state index in [1.165, 1.54) is 0 Å². The average molecular weight is 1890 g/mol. The first-order valence-electron chi connectivity index (χ1n) is 44.4. The van der Waals surface area contributed by atoms with Crippen molar-refractivity contribution < 1.29 is 192 Å². The van der Waals surface area contributed by atoms with Crippen molar-refractivity contribution in [2.75, 3.05) is 145 Å². The molecule has 0 spiro atoms. The van der Waals surface area contributed by atoms with E-state index in [0.717, 1.165) is 57.8 Å². The van der Waals surface area contributed by atoms with Gasteiger partial charge < -0.3 is 106 Å². The van der Waals surface area contributed by atoms with Gasteiger partial charge in [-0.15, -0.1) is 0 Å². The van der Waals surface area contributed by atoms with Crippen LogP contribution in [-0.4, -0.2) is 273 Å². The number of unbranched alkanes of at least 4 members (excludes halogenated alkanes) is 20. The highest BCUT2D eigenvalue weighted by Gasteiger charge is 2.25. The Morgan fingerprint density at radius 3 is 0.402 bits per heavy atom. The molecule has 0 heterocycles. The number of esters is 18. The van der Waals surface area contributed by atoms with Crippen LogP contribution in [0.2, 0.25) is 0 Å². The Kier molecular flexibility index (Phi) is 89.3. The van der Waals surface area contributed by atoms with Crippen LogP contribution in [0.15, 0.2) is 85.1 Å². The van der Waals surface area contributed by atoms with Crippen LogP contribution < -0.4 is 0 Å². The highest BCUT2D eigenvalue weighted by molar-refractivity contribution is 6.16. The van der Waals surface area contributed by atoms with Gasteiger partial charge in [0, 0.05) is 26.4 Å². The molecule has 0 saturated heterocycles. The summed E-state index contributed by atoms with van der Waals surface area (Å²) in [6.45, 7) is 36.7. The Labute approximate surface area is 773 Å². The van der Waals surface area contributed by atoms with E-state index in [4.69, 9.17) is 86.7 Å². The lowest BCUT2D eigenvalue weighted by atomic mass is 10.2. The maximum absolute atomic E-state index is 12.1. The summed E-state index contributed by atoms with van der Waals surface area (Å²) in [7, 11) is 0. The molecule has 0 aromatic carbocycles. The summed E-state index contributed by atoms with van der Waals surface area (Å²) in [4.78, 5) is 210. The van der Waals surface area contributed by atoms with E-state index in [9.17, 15) is 86.3 Å². The zero-order chi connectivity index (χ0) is 100. The summed E-state index contributed by atoms with van der Waals surface area (Å²) in [5, 5.41) is 33.5. The minimum atomic E-state index is -0.934. The topological polar surface area (TPSA) is 554 Å². The Hall–Kier alpha value is -11.5. The van der Waals surface area contributed by atoms with Gasteiger partial charge in [-0.3, -0.25) is 19.2 Å². The van der Waals surface area contributed by atoms with Crippen molar-refractivity contribution in [1.29, 1.82) is 0 Å². The predicted molar refractivity (Wildman–Crippen MR) is 471 cm³/mol. The second-order valence-corrected chi connectivity index (χ2v) is 27.6. The van der Waals surface area contributed by atoms with E-state index in [1.54, 1.807) is 27.7 Å². The Morgan fingerprint density at radius 1 is 0.159 bits per heavy atom. The fourth-order valence-corrected chi connectivity index (χ4v) is 8.95. The average Bonchev–Trinajstić information content (AvgIpc) is 0.934. The van der Waals surface area contributed by atoms with Crippen LogP contribution in [0.4, 0.5) is 0 Å². The van der Waals surface area contributed by atoms with Gasteiger partial charge in [0.15, 0.2) is 0 Å². The van der Waals surface area contributed by atoms with Crippen molar-refractivity contribution >= 4 is 107 Å². The van der Waals surface area contributed by atoms with Crippen LogP contribution in [0.5, 0.6) is 0 Å². The Balaban J connectivity index is -0.000000678. The van der Waals surface area contributed by atoms with Gasteiger partial charge >= 0.3 is 107 Å². The molecule has 0 aliphatic rings.